The predicted molar refractivity (Wildman–Crippen MR) is 98.4 cm³/mol. The molecular weight excluding hydrogens is 330 g/mol. The minimum atomic E-state index is -0.520. The fraction of sp³-hybridized carbons (Fsp3) is 0.450. The average molecular weight is 354 g/mol. The van der Waals surface area contributed by atoms with Crippen molar-refractivity contribution in [2.24, 2.45) is 5.73 Å². The van der Waals surface area contributed by atoms with Crippen LogP contribution in [0.15, 0.2) is 6.07 Å². The van der Waals surface area contributed by atoms with Crippen molar-refractivity contribution in [3.8, 4) is 5.75 Å². The van der Waals surface area contributed by atoms with Gasteiger partial charge in [0.25, 0.3) is 5.91 Å². The van der Waals surface area contributed by atoms with Crippen molar-refractivity contribution in [3.63, 3.8) is 0 Å². The van der Waals surface area contributed by atoms with Crippen LogP contribution in [0.2, 0.25) is 0 Å². The molecule has 0 unspecified atom stereocenters. The summed E-state index contributed by atoms with van der Waals surface area (Å²) in [6, 6.07) is 2.14. The zero-order valence-electron chi connectivity index (χ0n) is 15.5. The molecule has 1 aliphatic rings. The predicted octanol–water partition coefficient (Wildman–Crippen LogP) is 2.19. The number of hydrogen-bond donors (Lipinski definition) is 1. The van der Waals surface area contributed by atoms with Gasteiger partial charge in [0, 0.05) is 24.9 Å². The standard InChI is InChI=1S/C20H24N3O3/c1-12-10-14(15-6-4-7-16(15)19(12)26-3)11-17-13(2)22-23(8-5-9-24)18(17)20(21)25/h10H,4-8,11H2,1-3H3,(H2,21,25). The monoisotopic (exact) mass is 354 g/mol. The van der Waals surface area contributed by atoms with Crippen molar-refractivity contribution in [1.29, 1.82) is 0 Å². The number of rotatable bonds is 7. The van der Waals surface area contributed by atoms with E-state index in [9.17, 15) is 9.59 Å². The summed E-state index contributed by atoms with van der Waals surface area (Å²) >= 11 is 0. The highest BCUT2D eigenvalue weighted by molar-refractivity contribution is 5.93. The van der Waals surface area contributed by atoms with Crippen LogP contribution in [0.5, 0.6) is 5.75 Å². The van der Waals surface area contributed by atoms with Gasteiger partial charge in [-0.2, -0.15) is 5.10 Å². The number of primary amides is 1. The molecule has 0 saturated heterocycles. The fourth-order valence-corrected chi connectivity index (χ4v) is 4.05. The Morgan fingerprint density at radius 2 is 2.08 bits per heavy atom. The lowest BCUT2D eigenvalue weighted by molar-refractivity contribution is 0.0989. The molecule has 3 rings (SSSR count). The van der Waals surface area contributed by atoms with Crippen LogP contribution in [-0.4, -0.2) is 29.1 Å². The van der Waals surface area contributed by atoms with Crippen LogP contribution in [0.25, 0.3) is 0 Å². The molecular formula is C20H24N3O3. The Hall–Kier alpha value is -2.63. The second-order valence-electron chi connectivity index (χ2n) is 6.77. The molecule has 1 aliphatic carbocycles. The number of aryl methyl sites for hydroxylation is 3. The van der Waals surface area contributed by atoms with Gasteiger partial charge in [-0.3, -0.25) is 14.3 Å². The van der Waals surface area contributed by atoms with E-state index in [2.05, 4.69) is 11.2 Å². The van der Waals surface area contributed by atoms with Gasteiger partial charge in [0.05, 0.1) is 12.8 Å². The Balaban J connectivity index is 2.06. The Morgan fingerprint density at radius 1 is 1.35 bits per heavy atom. The summed E-state index contributed by atoms with van der Waals surface area (Å²) in [5.41, 5.74) is 12.5. The Bertz CT molecular complexity index is 868. The third-order valence-electron chi connectivity index (χ3n) is 5.11. The quantitative estimate of drug-likeness (QED) is 0.826. The number of fused-ring (bicyclic) bond motifs is 1. The molecule has 1 aromatic heterocycles. The van der Waals surface area contributed by atoms with Crippen LogP contribution < -0.4 is 10.5 Å². The molecule has 0 bridgehead atoms. The number of carbonyl (C=O) groups excluding carboxylic acids is 2. The minimum absolute atomic E-state index is 0.178. The molecule has 0 atom stereocenters. The van der Waals surface area contributed by atoms with Crippen LogP contribution in [0, 0.1) is 13.8 Å². The van der Waals surface area contributed by atoms with E-state index in [-0.39, 0.29) is 6.42 Å². The van der Waals surface area contributed by atoms with Gasteiger partial charge in [-0.05, 0) is 55.4 Å². The van der Waals surface area contributed by atoms with E-state index in [1.165, 1.54) is 21.4 Å². The molecule has 1 aromatic carbocycles. The first-order valence-corrected chi connectivity index (χ1v) is 8.87. The van der Waals surface area contributed by atoms with Crippen LogP contribution in [-0.2, 0) is 30.6 Å². The normalized spacial score (nSPS) is 12.9. The van der Waals surface area contributed by atoms with Crippen LogP contribution in [0.3, 0.4) is 0 Å². The summed E-state index contributed by atoms with van der Waals surface area (Å²) in [4.78, 5) is 22.6. The van der Waals surface area contributed by atoms with Gasteiger partial charge in [-0.1, -0.05) is 6.07 Å². The van der Waals surface area contributed by atoms with Crippen molar-refractivity contribution in [3.05, 3.63) is 45.3 Å². The molecule has 0 saturated carbocycles. The first-order valence-electron chi connectivity index (χ1n) is 8.87. The van der Waals surface area contributed by atoms with E-state index in [1.54, 1.807) is 7.11 Å². The number of amides is 1. The van der Waals surface area contributed by atoms with Gasteiger partial charge in [0.1, 0.15) is 11.4 Å². The lowest BCUT2D eigenvalue weighted by atomic mass is 9.93. The van der Waals surface area contributed by atoms with Gasteiger partial charge in [0.2, 0.25) is 0 Å². The van der Waals surface area contributed by atoms with Gasteiger partial charge in [-0.15, -0.1) is 0 Å². The van der Waals surface area contributed by atoms with E-state index in [1.807, 2.05) is 20.1 Å². The number of nitrogens with zero attached hydrogens (tertiary/aromatic N) is 2. The first-order chi connectivity index (χ1) is 12.5. The third kappa shape index (κ3) is 3.11. The zero-order valence-corrected chi connectivity index (χ0v) is 15.5. The lowest BCUT2D eigenvalue weighted by Gasteiger charge is -2.16. The summed E-state index contributed by atoms with van der Waals surface area (Å²) in [7, 11) is 1.71. The molecule has 26 heavy (non-hydrogen) atoms. The number of nitrogens with two attached hydrogens (primary N) is 1. The maximum absolute atomic E-state index is 12.1. The number of benzene rings is 1. The molecule has 1 amide bonds. The highest BCUT2D eigenvalue weighted by Gasteiger charge is 2.25. The number of hydrogen-bond acceptors (Lipinski definition) is 4. The molecule has 1 heterocycles. The summed E-state index contributed by atoms with van der Waals surface area (Å²) in [5.74, 6) is 0.457. The van der Waals surface area contributed by atoms with Crippen molar-refractivity contribution in [2.75, 3.05) is 7.11 Å². The van der Waals surface area contributed by atoms with E-state index < -0.39 is 5.91 Å². The second kappa shape index (κ2) is 7.32. The Kier molecular flexibility index (Phi) is 5.11. The molecule has 0 fully saturated rings. The van der Waals surface area contributed by atoms with Crippen molar-refractivity contribution in [1.82, 2.24) is 9.78 Å². The molecule has 2 N–H and O–H groups in total. The van der Waals surface area contributed by atoms with Crippen molar-refractivity contribution in [2.45, 2.75) is 52.5 Å². The Morgan fingerprint density at radius 3 is 2.73 bits per heavy atom. The lowest BCUT2D eigenvalue weighted by Crippen LogP contribution is -2.20. The van der Waals surface area contributed by atoms with E-state index >= 15 is 0 Å². The summed E-state index contributed by atoms with van der Waals surface area (Å²) in [6.07, 6.45) is 5.76. The maximum atomic E-state index is 12.1. The topological polar surface area (TPSA) is 87.2 Å². The molecule has 0 spiro atoms. The van der Waals surface area contributed by atoms with Gasteiger partial charge in [-0.25, -0.2) is 0 Å². The van der Waals surface area contributed by atoms with Gasteiger partial charge >= 0.3 is 0 Å². The minimum Gasteiger partial charge on any atom is -0.496 e. The summed E-state index contributed by atoms with van der Waals surface area (Å²) in [5, 5.41) is 4.43. The van der Waals surface area contributed by atoms with E-state index in [0.29, 0.717) is 18.7 Å². The second-order valence-corrected chi connectivity index (χ2v) is 6.77. The van der Waals surface area contributed by atoms with Crippen LogP contribution >= 0.6 is 0 Å². The Labute approximate surface area is 153 Å². The number of ether oxygens (including phenoxy) is 1. The highest BCUT2D eigenvalue weighted by Crippen LogP contribution is 2.37. The molecule has 0 aliphatic heterocycles. The molecule has 1 radical (unpaired) electrons. The SMILES string of the molecule is COc1c(C)cc(Cc2c(C)nn(CC[C]=O)c2C(N)=O)c2c1CCC2. The molecule has 6 nitrogen and oxygen atoms in total. The van der Waals surface area contributed by atoms with Crippen molar-refractivity contribution < 1.29 is 14.3 Å². The first kappa shape index (κ1) is 18.2. The van der Waals surface area contributed by atoms with Crippen LogP contribution in [0.1, 0.15) is 56.8 Å². The maximum Gasteiger partial charge on any atom is 0.267 e. The summed E-state index contributed by atoms with van der Waals surface area (Å²) < 4.78 is 7.14. The summed E-state index contributed by atoms with van der Waals surface area (Å²) in [6.45, 7) is 4.23. The van der Waals surface area contributed by atoms with Crippen LogP contribution in [0.4, 0.5) is 0 Å². The molecule has 137 valence electrons. The highest BCUT2D eigenvalue weighted by atomic mass is 16.5. The van der Waals surface area contributed by atoms with Crippen molar-refractivity contribution >= 4 is 12.2 Å². The van der Waals surface area contributed by atoms with E-state index in [4.69, 9.17) is 10.5 Å². The zero-order chi connectivity index (χ0) is 18.8. The number of carbonyl (C=O) groups is 1. The number of aromatic nitrogens is 2. The van der Waals surface area contributed by atoms with Gasteiger partial charge in [0.15, 0.2) is 6.29 Å². The van der Waals surface area contributed by atoms with E-state index in [0.717, 1.165) is 41.8 Å². The van der Waals surface area contributed by atoms with Gasteiger partial charge < -0.3 is 10.5 Å². The third-order valence-corrected chi connectivity index (χ3v) is 5.11. The molecule has 2 aromatic rings. The molecule has 6 heteroatoms. The fourth-order valence-electron chi connectivity index (χ4n) is 4.05. The number of methoxy groups -OCH3 is 1. The average Bonchev–Trinajstić information content (AvgIpc) is 3.18. The largest absolute Gasteiger partial charge is 0.496 e. The smallest absolute Gasteiger partial charge is 0.267 e.